The molecule has 5 rings (SSSR count). The van der Waals surface area contributed by atoms with E-state index in [0.717, 1.165) is 40.8 Å². The molecule has 0 spiro atoms. The van der Waals surface area contributed by atoms with Gasteiger partial charge in [0.2, 0.25) is 5.91 Å². The third kappa shape index (κ3) is 4.42. The van der Waals surface area contributed by atoms with Crippen molar-refractivity contribution in [2.75, 3.05) is 18.1 Å². The molecular weight excluding hydrogens is 440 g/mol. The molecule has 162 valence electrons. The van der Waals surface area contributed by atoms with Crippen LogP contribution in [-0.4, -0.2) is 30.1 Å². The Hall–Kier alpha value is -2.73. The number of fused-ring (bicyclic) bond motifs is 1. The van der Waals surface area contributed by atoms with Gasteiger partial charge in [-0.05, 0) is 42.2 Å². The molecule has 2 heterocycles. The first-order valence-electron chi connectivity index (χ1n) is 10.8. The van der Waals surface area contributed by atoms with Crippen molar-refractivity contribution < 1.29 is 9.53 Å². The summed E-state index contributed by atoms with van der Waals surface area (Å²) in [6, 6.07) is 25.5. The van der Waals surface area contributed by atoms with Crippen molar-refractivity contribution >= 4 is 44.2 Å². The Labute approximate surface area is 196 Å². The lowest BCUT2D eigenvalue weighted by Gasteiger charge is -2.28. The fourth-order valence-electron chi connectivity index (χ4n) is 4.18. The van der Waals surface area contributed by atoms with Gasteiger partial charge in [0, 0.05) is 11.6 Å². The fourth-order valence-corrected chi connectivity index (χ4v) is 5.44. The Balaban J connectivity index is 1.58. The highest BCUT2D eigenvalue weighted by Crippen LogP contribution is 2.35. The highest BCUT2D eigenvalue weighted by Gasteiger charge is 2.32. The van der Waals surface area contributed by atoms with Gasteiger partial charge >= 0.3 is 0 Å². The molecule has 0 saturated carbocycles. The minimum Gasteiger partial charge on any atom is -0.376 e. The maximum absolute atomic E-state index is 14.2. The number of rotatable bonds is 6. The van der Waals surface area contributed by atoms with Crippen LogP contribution in [0.4, 0.5) is 5.13 Å². The van der Waals surface area contributed by atoms with Gasteiger partial charge in [0.05, 0.1) is 28.8 Å². The predicted octanol–water partition coefficient (Wildman–Crippen LogP) is 6.29. The smallest absolute Gasteiger partial charge is 0.240 e. The van der Waals surface area contributed by atoms with Crippen molar-refractivity contribution in [3.05, 3.63) is 95.0 Å². The van der Waals surface area contributed by atoms with Gasteiger partial charge in [-0.15, -0.1) is 0 Å². The molecule has 0 aliphatic carbocycles. The van der Waals surface area contributed by atoms with Crippen LogP contribution in [0, 0.1) is 0 Å². The maximum Gasteiger partial charge on any atom is 0.240 e. The van der Waals surface area contributed by atoms with E-state index in [1.807, 2.05) is 83.8 Å². The predicted molar refractivity (Wildman–Crippen MR) is 131 cm³/mol. The van der Waals surface area contributed by atoms with Crippen LogP contribution >= 0.6 is 22.9 Å². The van der Waals surface area contributed by atoms with Crippen molar-refractivity contribution in [3.63, 3.8) is 0 Å². The lowest BCUT2D eigenvalue weighted by molar-refractivity contribution is -0.119. The number of carbonyl (C=O) groups is 1. The van der Waals surface area contributed by atoms with E-state index in [0.29, 0.717) is 16.7 Å². The summed E-state index contributed by atoms with van der Waals surface area (Å²) in [6.45, 7) is 1.23. The SMILES string of the molecule is O=C(C(c1ccccc1)c1ccccc1)N(CC1CCCO1)c1nc2ccc(Cl)cc2s1. The Morgan fingerprint density at radius 3 is 2.38 bits per heavy atom. The van der Waals surface area contributed by atoms with E-state index in [4.69, 9.17) is 21.3 Å². The van der Waals surface area contributed by atoms with E-state index < -0.39 is 5.92 Å². The minimum atomic E-state index is -0.422. The van der Waals surface area contributed by atoms with Crippen molar-refractivity contribution in [1.82, 2.24) is 4.98 Å². The molecule has 1 aromatic heterocycles. The van der Waals surface area contributed by atoms with Gasteiger partial charge in [0.1, 0.15) is 0 Å². The van der Waals surface area contributed by atoms with Crippen LogP contribution in [0.1, 0.15) is 29.9 Å². The molecule has 1 unspecified atom stereocenters. The summed E-state index contributed by atoms with van der Waals surface area (Å²) in [5.74, 6) is -0.419. The van der Waals surface area contributed by atoms with Crippen molar-refractivity contribution in [3.8, 4) is 0 Å². The molecule has 1 fully saturated rings. The molecule has 4 aromatic rings. The first kappa shape index (κ1) is 21.1. The van der Waals surface area contributed by atoms with E-state index in [1.54, 1.807) is 0 Å². The molecule has 0 N–H and O–H groups in total. The zero-order valence-electron chi connectivity index (χ0n) is 17.5. The van der Waals surface area contributed by atoms with Gasteiger partial charge in [0.25, 0.3) is 0 Å². The molecule has 1 aliphatic rings. The normalized spacial score (nSPS) is 16.0. The summed E-state index contributed by atoms with van der Waals surface area (Å²) >= 11 is 7.69. The molecule has 0 radical (unpaired) electrons. The molecule has 6 heteroatoms. The number of anilines is 1. The number of benzene rings is 3. The largest absolute Gasteiger partial charge is 0.376 e. The average Bonchev–Trinajstić information content (AvgIpc) is 3.48. The van der Waals surface area contributed by atoms with Gasteiger partial charge in [-0.2, -0.15) is 0 Å². The number of nitrogens with zero attached hydrogens (tertiary/aromatic N) is 2. The monoisotopic (exact) mass is 462 g/mol. The summed E-state index contributed by atoms with van der Waals surface area (Å²) in [5, 5.41) is 1.34. The molecule has 1 saturated heterocycles. The van der Waals surface area contributed by atoms with Crippen LogP contribution in [0.5, 0.6) is 0 Å². The Morgan fingerprint density at radius 1 is 1.06 bits per heavy atom. The van der Waals surface area contributed by atoms with Crippen LogP contribution in [0.2, 0.25) is 5.02 Å². The van der Waals surface area contributed by atoms with Crippen LogP contribution < -0.4 is 4.90 Å². The molecule has 32 heavy (non-hydrogen) atoms. The number of ether oxygens (including phenoxy) is 1. The van der Waals surface area contributed by atoms with E-state index in [9.17, 15) is 4.79 Å². The maximum atomic E-state index is 14.2. The van der Waals surface area contributed by atoms with Gasteiger partial charge < -0.3 is 4.74 Å². The van der Waals surface area contributed by atoms with Crippen molar-refractivity contribution in [2.24, 2.45) is 0 Å². The number of aromatic nitrogens is 1. The summed E-state index contributed by atoms with van der Waals surface area (Å²) in [6.07, 6.45) is 1.98. The van der Waals surface area contributed by atoms with Gasteiger partial charge in [0.15, 0.2) is 5.13 Å². The molecule has 1 atom stereocenters. The lowest BCUT2D eigenvalue weighted by atomic mass is 9.90. The number of hydrogen-bond donors (Lipinski definition) is 0. The summed E-state index contributed by atoms with van der Waals surface area (Å²) in [5.41, 5.74) is 2.77. The van der Waals surface area contributed by atoms with Crippen molar-refractivity contribution in [1.29, 1.82) is 0 Å². The highest BCUT2D eigenvalue weighted by atomic mass is 35.5. The summed E-state index contributed by atoms with van der Waals surface area (Å²) in [7, 11) is 0. The number of carbonyl (C=O) groups excluding carboxylic acids is 1. The molecule has 1 amide bonds. The lowest BCUT2D eigenvalue weighted by Crippen LogP contribution is -2.40. The number of halogens is 1. The van der Waals surface area contributed by atoms with Gasteiger partial charge in [-0.25, -0.2) is 4.98 Å². The van der Waals surface area contributed by atoms with Crippen LogP contribution in [-0.2, 0) is 9.53 Å². The Bertz CT molecular complexity index is 1170. The van der Waals surface area contributed by atoms with E-state index in [1.165, 1.54) is 11.3 Å². The quantitative estimate of drug-likeness (QED) is 0.338. The van der Waals surface area contributed by atoms with Gasteiger partial charge in [-0.3, -0.25) is 9.69 Å². The average molecular weight is 463 g/mol. The third-order valence-electron chi connectivity index (χ3n) is 5.76. The zero-order chi connectivity index (χ0) is 21.9. The fraction of sp³-hybridized carbons (Fsp3) is 0.231. The van der Waals surface area contributed by atoms with Gasteiger partial charge in [-0.1, -0.05) is 83.6 Å². The molecule has 0 bridgehead atoms. The summed E-state index contributed by atoms with van der Waals surface area (Å²) < 4.78 is 6.87. The first-order valence-corrected chi connectivity index (χ1v) is 12.0. The third-order valence-corrected chi connectivity index (χ3v) is 7.04. The van der Waals surface area contributed by atoms with Crippen LogP contribution in [0.3, 0.4) is 0 Å². The minimum absolute atomic E-state index is 0.00283. The number of amides is 1. The van der Waals surface area contributed by atoms with E-state index >= 15 is 0 Å². The Morgan fingerprint density at radius 2 is 1.75 bits per heavy atom. The second kappa shape index (κ2) is 9.41. The zero-order valence-corrected chi connectivity index (χ0v) is 19.1. The molecule has 1 aliphatic heterocycles. The molecular formula is C26H23ClN2O2S. The van der Waals surface area contributed by atoms with Crippen LogP contribution in [0.25, 0.3) is 10.2 Å². The number of hydrogen-bond acceptors (Lipinski definition) is 4. The first-order chi connectivity index (χ1) is 15.7. The second-order valence-electron chi connectivity index (χ2n) is 7.95. The standard InChI is InChI=1S/C26H23ClN2O2S/c27-20-13-14-22-23(16-20)32-26(28-22)29(17-21-12-7-15-31-21)25(30)24(18-8-3-1-4-9-18)19-10-5-2-6-11-19/h1-6,8-11,13-14,16,21,24H,7,12,15,17H2. The van der Waals surface area contributed by atoms with E-state index in [2.05, 4.69) is 0 Å². The van der Waals surface area contributed by atoms with E-state index in [-0.39, 0.29) is 12.0 Å². The second-order valence-corrected chi connectivity index (χ2v) is 9.39. The molecule has 3 aromatic carbocycles. The van der Waals surface area contributed by atoms with Crippen molar-refractivity contribution in [2.45, 2.75) is 24.9 Å². The highest BCUT2D eigenvalue weighted by molar-refractivity contribution is 7.22. The summed E-state index contributed by atoms with van der Waals surface area (Å²) in [4.78, 5) is 20.8. The topological polar surface area (TPSA) is 42.4 Å². The van der Waals surface area contributed by atoms with Crippen LogP contribution in [0.15, 0.2) is 78.9 Å². The Kier molecular flexibility index (Phi) is 6.21. The molecule has 4 nitrogen and oxygen atoms in total. The number of thiazole rings is 1.